The molecule has 0 radical (unpaired) electrons. The van der Waals surface area contributed by atoms with Gasteiger partial charge in [-0.05, 0) is 17.7 Å². The van der Waals surface area contributed by atoms with Crippen molar-refractivity contribution in [3.63, 3.8) is 0 Å². The molecule has 5 heteroatoms. The van der Waals surface area contributed by atoms with Crippen LogP contribution in [0.25, 0.3) is 0 Å². The number of hydrogen-bond donors (Lipinski definition) is 1. The third kappa shape index (κ3) is 4.56. The maximum Gasteiger partial charge on any atom is 0.224 e. The minimum absolute atomic E-state index is 0.0779. The number of benzene rings is 1. The average molecular weight is 283 g/mol. The first-order valence-corrected chi connectivity index (χ1v) is 6.68. The Kier molecular flexibility index (Phi) is 5.83. The van der Waals surface area contributed by atoms with Crippen LogP contribution in [-0.4, -0.2) is 23.8 Å². The molecular formula is C14H19ClN2O2. The van der Waals surface area contributed by atoms with Crippen molar-refractivity contribution in [3.05, 3.63) is 28.8 Å². The monoisotopic (exact) mass is 282 g/mol. The van der Waals surface area contributed by atoms with E-state index in [1.54, 1.807) is 31.0 Å². The highest BCUT2D eigenvalue weighted by Gasteiger charge is 2.09. The van der Waals surface area contributed by atoms with Crippen LogP contribution in [0.2, 0.25) is 5.02 Å². The van der Waals surface area contributed by atoms with Gasteiger partial charge in [-0.3, -0.25) is 9.59 Å². The van der Waals surface area contributed by atoms with Crippen LogP contribution in [-0.2, 0) is 16.1 Å². The zero-order valence-electron chi connectivity index (χ0n) is 11.5. The summed E-state index contributed by atoms with van der Waals surface area (Å²) in [6, 6.07) is 5.38. The fourth-order valence-corrected chi connectivity index (χ4v) is 1.80. The molecule has 1 aromatic carbocycles. The standard InChI is InChI=1S/C14H19ClN2O2/c1-4-13(18)16-12-8-10(6-7-11(12)15)9-17(3)14(19)5-2/h6-8H,4-5,9H2,1-3H3,(H,16,18). The highest BCUT2D eigenvalue weighted by Crippen LogP contribution is 2.23. The largest absolute Gasteiger partial charge is 0.341 e. The van der Waals surface area contributed by atoms with Crippen molar-refractivity contribution in [1.82, 2.24) is 4.90 Å². The van der Waals surface area contributed by atoms with E-state index in [2.05, 4.69) is 5.32 Å². The van der Waals surface area contributed by atoms with E-state index in [1.165, 1.54) is 0 Å². The normalized spacial score (nSPS) is 10.1. The van der Waals surface area contributed by atoms with Gasteiger partial charge in [0.1, 0.15) is 0 Å². The molecule has 0 atom stereocenters. The predicted octanol–water partition coefficient (Wildman–Crippen LogP) is 3.06. The molecule has 0 fully saturated rings. The Morgan fingerprint density at radius 1 is 1.26 bits per heavy atom. The topological polar surface area (TPSA) is 49.4 Å². The van der Waals surface area contributed by atoms with Gasteiger partial charge in [-0.15, -0.1) is 0 Å². The second-order valence-electron chi connectivity index (χ2n) is 4.32. The molecule has 0 aromatic heterocycles. The molecular weight excluding hydrogens is 264 g/mol. The summed E-state index contributed by atoms with van der Waals surface area (Å²) in [4.78, 5) is 24.6. The van der Waals surface area contributed by atoms with Crippen LogP contribution in [0.15, 0.2) is 18.2 Å². The Morgan fingerprint density at radius 3 is 2.53 bits per heavy atom. The zero-order valence-corrected chi connectivity index (χ0v) is 12.3. The molecule has 0 aliphatic heterocycles. The van der Waals surface area contributed by atoms with Gasteiger partial charge in [0, 0.05) is 26.4 Å². The molecule has 0 aliphatic rings. The fraction of sp³-hybridized carbons (Fsp3) is 0.429. The highest BCUT2D eigenvalue weighted by molar-refractivity contribution is 6.33. The van der Waals surface area contributed by atoms with Gasteiger partial charge in [0.15, 0.2) is 0 Å². The van der Waals surface area contributed by atoms with Gasteiger partial charge in [0.2, 0.25) is 11.8 Å². The maximum atomic E-state index is 11.5. The maximum absolute atomic E-state index is 11.5. The summed E-state index contributed by atoms with van der Waals surface area (Å²) in [5, 5.41) is 3.24. The minimum atomic E-state index is -0.0861. The van der Waals surface area contributed by atoms with Crippen LogP contribution in [0, 0.1) is 0 Å². The Hall–Kier alpha value is -1.55. The second-order valence-corrected chi connectivity index (χ2v) is 4.73. The first kappa shape index (κ1) is 15.5. The van der Waals surface area contributed by atoms with Crippen molar-refractivity contribution in [2.45, 2.75) is 33.2 Å². The van der Waals surface area contributed by atoms with E-state index in [0.29, 0.717) is 30.1 Å². The van der Waals surface area contributed by atoms with E-state index in [-0.39, 0.29) is 11.8 Å². The summed E-state index contributed by atoms with van der Waals surface area (Å²) < 4.78 is 0. The van der Waals surface area contributed by atoms with Crippen molar-refractivity contribution < 1.29 is 9.59 Å². The molecule has 1 N–H and O–H groups in total. The molecule has 0 saturated carbocycles. The third-order valence-corrected chi connectivity index (χ3v) is 3.10. The number of carbonyl (C=O) groups is 2. The van der Waals surface area contributed by atoms with Crippen molar-refractivity contribution in [2.75, 3.05) is 12.4 Å². The lowest BCUT2D eigenvalue weighted by Gasteiger charge is -2.17. The number of nitrogens with one attached hydrogen (secondary N) is 1. The summed E-state index contributed by atoms with van der Waals surface area (Å²) in [7, 11) is 1.75. The molecule has 0 heterocycles. The SMILES string of the molecule is CCC(=O)Nc1cc(CN(C)C(=O)CC)ccc1Cl. The predicted molar refractivity (Wildman–Crippen MR) is 77.1 cm³/mol. The first-order chi connectivity index (χ1) is 8.97. The smallest absolute Gasteiger partial charge is 0.224 e. The van der Waals surface area contributed by atoms with Gasteiger partial charge in [-0.1, -0.05) is 31.5 Å². The second kappa shape index (κ2) is 7.14. The lowest BCUT2D eigenvalue weighted by atomic mass is 10.2. The molecule has 0 aliphatic carbocycles. The lowest BCUT2D eigenvalue weighted by Crippen LogP contribution is -2.25. The van der Waals surface area contributed by atoms with E-state index in [1.807, 2.05) is 13.0 Å². The molecule has 1 rings (SSSR count). The summed E-state index contributed by atoms with van der Waals surface area (Å²) >= 11 is 6.03. The van der Waals surface area contributed by atoms with Crippen molar-refractivity contribution >= 4 is 29.1 Å². The zero-order chi connectivity index (χ0) is 14.4. The van der Waals surface area contributed by atoms with Crippen LogP contribution < -0.4 is 5.32 Å². The van der Waals surface area contributed by atoms with Gasteiger partial charge in [0.25, 0.3) is 0 Å². The first-order valence-electron chi connectivity index (χ1n) is 6.30. The quantitative estimate of drug-likeness (QED) is 0.902. The Labute approximate surface area is 118 Å². The summed E-state index contributed by atoms with van der Waals surface area (Å²) in [5.41, 5.74) is 1.52. The fourth-order valence-electron chi connectivity index (χ4n) is 1.64. The molecule has 4 nitrogen and oxygen atoms in total. The van der Waals surface area contributed by atoms with Gasteiger partial charge in [0.05, 0.1) is 10.7 Å². The van der Waals surface area contributed by atoms with E-state index < -0.39 is 0 Å². The number of hydrogen-bond acceptors (Lipinski definition) is 2. The minimum Gasteiger partial charge on any atom is -0.341 e. The number of carbonyl (C=O) groups excluding carboxylic acids is 2. The third-order valence-electron chi connectivity index (χ3n) is 2.77. The van der Waals surface area contributed by atoms with Crippen molar-refractivity contribution in [2.24, 2.45) is 0 Å². The van der Waals surface area contributed by atoms with E-state index in [9.17, 15) is 9.59 Å². The van der Waals surface area contributed by atoms with Gasteiger partial charge < -0.3 is 10.2 Å². The summed E-state index contributed by atoms with van der Waals surface area (Å²) in [5.74, 6) is -0.00821. The van der Waals surface area contributed by atoms with Crippen LogP contribution in [0.5, 0.6) is 0 Å². The van der Waals surface area contributed by atoms with Crippen molar-refractivity contribution in [3.8, 4) is 0 Å². The summed E-state index contributed by atoms with van der Waals surface area (Å²) in [6.07, 6.45) is 0.873. The Bertz CT molecular complexity index is 475. The van der Waals surface area contributed by atoms with Crippen LogP contribution in [0.1, 0.15) is 32.3 Å². The number of rotatable bonds is 5. The molecule has 0 spiro atoms. The number of halogens is 1. The van der Waals surface area contributed by atoms with Crippen molar-refractivity contribution in [1.29, 1.82) is 0 Å². The number of nitrogens with zero attached hydrogens (tertiary/aromatic N) is 1. The van der Waals surface area contributed by atoms with Crippen LogP contribution >= 0.6 is 11.6 Å². The molecule has 104 valence electrons. The van der Waals surface area contributed by atoms with Crippen LogP contribution in [0.4, 0.5) is 5.69 Å². The molecule has 0 saturated heterocycles. The van der Waals surface area contributed by atoms with Gasteiger partial charge in [-0.2, -0.15) is 0 Å². The summed E-state index contributed by atoms with van der Waals surface area (Å²) in [6.45, 7) is 4.10. The number of anilines is 1. The molecule has 1 aromatic rings. The van der Waals surface area contributed by atoms with E-state index in [0.717, 1.165) is 5.56 Å². The molecule has 2 amide bonds. The van der Waals surface area contributed by atoms with Gasteiger partial charge >= 0.3 is 0 Å². The molecule has 0 unspecified atom stereocenters. The van der Waals surface area contributed by atoms with E-state index in [4.69, 9.17) is 11.6 Å². The van der Waals surface area contributed by atoms with E-state index >= 15 is 0 Å². The molecule has 0 bridgehead atoms. The Balaban J connectivity index is 2.84. The lowest BCUT2D eigenvalue weighted by molar-refractivity contribution is -0.130. The average Bonchev–Trinajstić information content (AvgIpc) is 2.41. The van der Waals surface area contributed by atoms with Gasteiger partial charge in [-0.25, -0.2) is 0 Å². The number of amides is 2. The highest BCUT2D eigenvalue weighted by atomic mass is 35.5. The Morgan fingerprint density at radius 2 is 1.95 bits per heavy atom. The van der Waals surface area contributed by atoms with Crippen LogP contribution in [0.3, 0.4) is 0 Å². The molecule has 19 heavy (non-hydrogen) atoms.